The molecule has 0 aromatic heterocycles. The van der Waals surface area contributed by atoms with Gasteiger partial charge in [0.15, 0.2) is 0 Å². The Hall–Kier alpha value is -0.0400. The van der Waals surface area contributed by atoms with E-state index in [1.165, 1.54) is 38.5 Å². The summed E-state index contributed by atoms with van der Waals surface area (Å²) in [5, 5.41) is 0. The Labute approximate surface area is 75.7 Å². The molecule has 2 N–H and O–H groups in total. The lowest BCUT2D eigenvalue weighted by Crippen LogP contribution is -2.24. The summed E-state index contributed by atoms with van der Waals surface area (Å²) in [6.07, 6.45) is 8.73. The van der Waals surface area contributed by atoms with Crippen LogP contribution in [0.5, 0.6) is 0 Å². The molecule has 0 saturated heterocycles. The van der Waals surface area contributed by atoms with E-state index in [-0.39, 0.29) is 0 Å². The highest BCUT2D eigenvalue weighted by molar-refractivity contribution is 5.07. The maximum atomic E-state index is 5.76. The maximum Gasteiger partial charge on any atom is -0.00432 e. The Bertz CT molecular complexity index is 166. The van der Waals surface area contributed by atoms with Gasteiger partial charge in [0.2, 0.25) is 0 Å². The molecule has 2 saturated carbocycles. The van der Waals surface area contributed by atoms with Gasteiger partial charge >= 0.3 is 0 Å². The number of nitrogens with two attached hydrogens (primary N) is 1. The summed E-state index contributed by atoms with van der Waals surface area (Å²) in [4.78, 5) is 0. The van der Waals surface area contributed by atoms with E-state index in [2.05, 4.69) is 6.92 Å². The van der Waals surface area contributed by atoms with E-state index in [4.69, 9.17) is 5.73 Å². The molecule has 0 aliphatic heterocycles. The summed E-state index contributed by atoms with van der Waals surface area (Å²) in [6.45, 7) is 3.29. The summed E-state index contributed by atoms with van der Waals surface area (Å²) >= 11 is 0. The molecule has 2 aliphatic rings. The van der Waals surface area contributed by atoms with Gasteiger partial charge in [-0.25, -0.2) is 0 Å². The van der Waals surface area contributed by atoms with Crippen molar-refractivity contribution in [2.75, 3.05) is 6.54 Å². The first kappa shape index (κ1) is 8.55. The molecule has 70 valence electrons. The molecule has 1 heteroatoms. The highest BCUT2D eigenvalue weighted by Crippen LogP contribution is 2.64. The molecule has 0 amide bonds. The lowest BCUT2D eigenvalue weighted by Gasteiger charge is -2.32. The van der Waals surface area contributed by atoms with Gasteiger partial charge in [0.05, 0.1) is 0 Å². The first-order chi connectivity index (χ1) is 5.83. The largest absolute Gasteiger partial charge is 0.330 e. The Balaban J connectivity index is 2.02. The third kappa shape index (κ3) is 1.10. The molecule has 0 radical (unpaired) electrons. The Morgan fingerprint density at radius 3 is 2.75 bits per heavy atom. The van der Waals surface area contributed by atoms with Gasteiger partial charge in [-0.05, 0) is 43.1 Å². The molecule has 2 rings (SSSR count). The molecule has 0 heterocycles. The van der Waals surface area contributed by atoms with Crippen LogP contribution in [0.25, 0.3) is 0 Å². The summed E-state index contributed by atoms with van der Waals surface area (Å²) < 4.78 is 0. The van der Waals surface area contributed by atoms with Crippen molar-refractivity contribution in [2.45, 2.75) is 45.4 Å². The van der Waals surface area contributed by atoms with Crippen molar-refractivity contribution in [3.8, 4) is 0 Å². The molecular formula is C11H21N. The summed E-state index contributed by atoms with van der Waals surface area (Å²) in [7, 11) is 0. The van der Waals surface area contributed by atoms with Crippen molar-refractivity contribution in [2.24, 2.45) is 23.0 Å². The first-order valence-electron chi connectivity index (χ1n) is 5.53. The first-order valence-corrected chi connectivity index (χ1v) is 5.53. The molecule has 3 atom stereocenters. The molecule has 0 aromatic rings. The fourth-order valence-electron chi connectivity index (χ4n) is 3.47. The average Bonchev–Trinajstić information content (AvgIpc) is 2.81. The van der Waals surface area contributed by atoms with Gasteiger partial charge in [0.25, 0.3) is 0 Å². The van der Waals surface area contributed by atoms with Crippen molar-refractivity contribution in [3.63, 3.8) is 0 Å². The quantitative estimate of drug-likeness (QED) is 0.672. The fourth-order valence-corrected chi connectivity index (χ4v) is 3.47. The average molecular weight is 167 g/mol. The van der Waals surface area contributed by atoms with Crippen LogP contribution in [0.15, 0.2) is 0 Å². The van der Waals surface area contributed by atoms with Crippen molar-refractivity contribution in [3.05, 3.63) is 0 Å². The number of hydrogen-bond acceptors (Lipinski definition) is 1. The smallest absolute Gasteiger partial charge is 0.00432 e. The summed E-state index contributed by atoms with van der Waals surface area (Å²) in [6, 6.07) is 0. The van der Waals surface area contributed by atoms with Gasteiger partial charge in [-0.3, -0.25) is 0 Å². The fraction of sp³-hybridized carbons (Fsp3) is 1.00. The number of hydrogen-bond donors (Lipinski definition) is 1. The SMILES string of the molecule is CCC1CCCCC12CC2CN. The van der Waals surface area contributed by atoms with Crippen LogP contribution in [0.2, 0.25) is 0 Å². The monoisotopic (exact) mass is 167 g/mol. The zero-order valence-corrected chi connectivity index (χ0v) is 8.18. The molecular weight excluding hydrogens is 146 g/mol. The van der Waals surface area contributed by atoms with Gasteiger partial charge < -0.3 is 5.73 Å². The third-order valence-electron chi connectivity index (χ3n) is 4.31. The third-order valence-corrected chi connectivity index (χ3v) is 4.31. The van der Waals surface area contributed by atoms with E-state index in [0.717, 1.165) is 23.8 Å². The van der Waals surface area contributed by atoms with Crippen molar-refractivity contribution in [1.29, 1.82) is 0 Å². The normalized spacial score (nSPS) is 46.5. The van der Waals surface area contributed by atoms with Crippen molar-refractivity contribution < 1.29 is 0 Å². The minimum absolute atomic E-state index is 0.738. The maximum absolute atomic E-state index is 5.76. The zero-order chi connectivity index (χ0) is 8.60. The second-order valence-electron chi connectivity index (χ2n) is 4.72. The van der Waals surface area contributed by atoms with Gasteiger partial charge in [-0.1, -0.05) is 26.2 Å². The molecule has 2 aliphatic carbocycles. The molecule has 12 heavy (non-hydrogen) atoms. The highest BCUT2D eigenvalue weighted by atomic mass is 14.7. The molecule has 0 aromatic carbocycles. The minimum atomic E-state index is 0.738. The van der Waals surface area contributed by atoms with Crippen LogP contribution in [0.4, 0.5) is 0 Å². The van der Waals surface area contributed by atoms with Crippen LogP contribution in [0.3, 0.4) is 0 Å². The minimum Gasteiger partial charge on any atom is -0.330 e. The molecule has 0 bridgehead atoms. The zero-order valence-electron chi connectivity index (χ0n) is 8.18. The van der Waals surface area contributed by atoms with Crippen molar-refractivity contribution >= 4 is 0 Å². The number of rotatable bonds is 2. The summed E-state index contributed by atoms with van der Waals surface area (Å²) in [5.74, 6) is 1.91. The van der Waals surface area contributed by atoms with Crippen molar-refractivity contribution in [1.82, 2.24) is 0 Å². The molecule has 3 unspecified atom stereocenters. The van der Waals surface area contributed by atoms with E-state index >= 15 is 0 Å². The predicted octanol–water partition coefficient (Wildman–Crippen LogP) is 2.55. The Morgan fingerprint density at radius 2 is 2.17 bits per heavy atom. The van der Waals surface area contributed by atoms with Crippen LogP contribution in [0, 0.1) is 17.3 Å². The van der Waals surface area contributed by atoms with Crippen LogP contribution in [0.1, 0.15) is 45.4 Å². The second-order valence-corrected chi connectivity index (χ2v) is 4.72. The topological polar surface area (TPSA) is 26.0 Å². The van der Waals surface area contributed by atoms with Crippen LogP contribution < -0.4 is 5.73 Å². The van der Waals surface area contributed by atoms with Crippen LogP contribution in [-0.2, 0) is 0 Å². The van der Waals surface area contributed by atoms with Gasteiger partial charge in [-0.2, -0.15) is 0 Å². The van der Waals surface area contributed by atoms with Crippen LogP contribution >= 0.6 is 0 Å². The summed E-state index contributed by atoms with van der Waals surface area (Å²) in [5.41, 5.74) is 6.49. The van der Waals surface area contributed by atoms with E-state index in [9.17, 15) is 0 Å². The molecule has 2 fully saturated rings. The Kier molecular flexibility index (Phi) is 2.16. The lowest BCUT2D eigenvalue weighted by atomic mass is 9.73. The molecule has 1 nitrogen and oxygen atoms in total. The lowest BCUT2D eigenvalue weighted by molar-refractivity contribution is 0.188. The van der Waals surface area contributed by atoms with Gasteiger partial charge in [0.1, 0.15) is 0 Å². The van der Waals surface area contributed by atoms with E-state index in [1.807, 2.05) is 0 Å². The van der Waals surface area contributed by atoms with E-state index < -0.39 is 0 Å². The predicted molar refractivity (Wildman–Crippen MR) is 51.8 cm³/mol. The van der Waals surface area contributed by atoms with E-state index in [1.54, 1.807) is 0 Å². The highest BCUT2D eigenvalue weighted by Gasteiger charge is 2.57. The van der Waals surface area contributed by atoms with Gasteiger partial charge in [0, 0.05) is 0 Å². The standard InChI is InChI=1S/C11H21N/c1-2-9-5-3-4-6-11(9)7-10(11)8-12/h9-10H,2-8,12H2,1H3. The Morgan fingerprint density at radius 1 is 1.33 bits per heavy atom. The van der Waals surface area contributed by atoms with Crippen LogP contribution in [-0.4, -0.2) is 6.54 Å². The van der Waals surface area contributed by atoms with Gasteiger partial charge in [-0.15, -0.1) is 0 Å². The second kappa shape index (κ2) is 3.02. The van der Waals surface area contributed by atoms with E-state index in [0.29, 0.717) is 0 Å². The molecule has 1 spiro atoms.